The van der Waals surface area contributed by atoms with Crippen LogP contribution in [0.3, 0.4) is 0 Å². The number of nitrogens with zero attached hydrogens (tertiary/aromatic N) is 1. The molecule has 1 aromatic heterocycles. The fourth-order valence-electron chi connectivity index (χ4n) is 2.23. The van der Waals surface area contributed by atoms with Crippen LogP contribution in [0.4, 0.5) is 0 Å². The summed E-state index contributed by atoms with van der Waals surface area (Å²) in [6.45, 7) is 2.42. The molecule has 1 aliphatic rings. The van der Waals surface area contributed by atoms with E-state index in [9.17, 15) is 0 Å². The van der Waals surface area contributed by atoms with Gasteiger partial charge in [-0.3, -0.25) is 0 Å². The second-order valence-electron chi connectivity index (χ2n) is 4.62. The fraction of sp³-hybridized carbons (Fsp3) is 0.462. The Hall–Kier alpha value is -1.35. The zero-order chi connectivity index (χ0) is 10.8. The average molecular weight is 215 g/mol. The number of aromatic nitrogens is 2. The van der Waals surface area contributed by atoms with Crippen molar-refractivity contribution >= 4 is 11.0 Å². The first-order valence-electron chi connectivity index (χ1n) is 6.06. The molecular formula is C13H17N3. The second-order valence-corrected chi connectivity index (χ2v) is 4.62. The molecule has 0 atom stereocenters. The van der Waals surface area contributed by atoms with Crippen LogP contribution in [0.15, 0.2) is 24.3 Å². The Kier molecular flexibility index (Phi) is 2.62. The molecule has 2 aromatic rings. The molecule has 3 heteroatoms. The fourth-order valence-corrected chi connectivity index (χ4v) is 2.23. The number of nitrogens with one attached hydrogen (secondary N) is 2. The first-order valence-corrected chi connectivity index (χ1v) is 6.06. The summed E-state index contributed by atoms with van der Waals surface area (Å²) >= 11 is 0. The highest BCUT2D eigenvalue weighted by molar-refractivity contribution is 5.74. The van der Waals surface area contributed by atoms with Crippen molar-refractivity contribution in [3.05, 3.63) is 30.1 Å². The van der Waals surface area contributed by atoms with E-state index in [1.807, 2.05) is 12.1 Å². The number of hydrogen-bond donors (Lipinski definition) is 2. The van der Waals surface area contributed by atoms with E-state index in [2.05, 4.69) is 27.4 Å². The van der Waals surface area contributed by atoms with Gasteiger partial charge in [0.15, 0.2) is 0 Å². The molecule has 2 N–H and O–H groups in total. The number of para-hydroxylation sites is 2. The summed E-state index contributed by atoms with van der Waals surface area (Å²) in [5.41, 5.74) is 2.24. The molecule has 0 aliphatic carbocycles. The number of aromatic amines is 1. The number of hydrogen-bond acceptors (Lipinski definition) is 2. The van der Waals surface area contributed by atoms with Crippen molar-refractivity contribution in [3.63, 3.8) is 0 Å². The molecule has 3 rings (SSSR count). The Morgan fingerprint density at radius 2 is 2.12 bits per heavy atom. The van der Waals surface area contributed by atoms with Gasteiger partial charge in [0.25, 0.3) is 0 Å². The molecule has 84 valence electrons. The van der Waals surface area contributed by atoms with E-state index in [1.165, 1.54) is 25.9 Å². The van der Waals surface area contributed by atoms with Crippen molar-refractivity contribution in [2.24, 2.45) is 5.92 Å². The molecule has 0 bridgehead atoms. The van der Waals surface area contributed by atoms with Crippen molar-refractivity contribution in [1.29, 1.82) is 0 Å². The van der Waals surface area contributed by atoms with E-state index >= 15 is 0 Å². The van der Waals surface area contributed by atoms with Crippen LogP contribution < -0.4 is 5.32 Å². The predicted molar refractivity (Wildman–Crippen MR) is 65.4 cm³/mol. The molecule has 0 saturated carbocycles. The number of benzene rings is 1. The monoisotopic (exact) mass is 215 g/mol. The molecule has 0 unspecified atom stereocenters. The van der Waals surface area contributed by atoms with Crippen LogP contribution in [0.5, 0.6) is 0 Å². The predicted octanol–water partition coefficient (Wildman–Crippen LogP) is 2.10. The number of imidazole rings is 1. The minimum absolute atomic E-state index is 0.907. The third kappa shape index (κ3) is 1.95. The molecule has 16 heavy (non-hydrogen) atoms. The van der Waals surface area contributed by atoms with Gasteiger partial charge in [-0.05, 0) is 44.0 Å². The van der Waals surface area contributed by atoms with Gasteiger partial charge < -0.3 is 10.3 Å². The smallest absolute Gasteiger partial charge is 0.107 e. The van der Waals surface area contributed by atoms with Gasteiger partial charge in [-0.25, -0.2) is 4.98 Å². The summed E-state index contributed by atoms with van der Waals surface area (Å²) < 4.78 is 0. The largest absolute Gasteiger partial charge is 0.342 e. The molecule has 2 heterocycles. The van der Waals surface area contributed by atoms with Crippen molar-refractivity contribution in [1.82, 2.24) is 15.3 Å². The number of rotatable bonds is 4. The summed E-state index contributed by atoms with van der Waals surface area (Å²) in [6, 6.07) is 8.23. The van der Waals surface area contributed by atoms with Crippen LogP contribution in [0.1, 0.15) is 18.7 Å². The molecule has 1 aromatic carbocycles. The van der Waals surface area contributed by atoms with Crippen molar-refractivity contribution in [2.75, 3.05) is 13.1 Å². The molecule has 1 aliphatic heterocycles. The molecule has 0 amide bonds. The third-order valence-corrected chi connectivity index (χ3v) is 3.33. The second kappa shape index (κ2) is 4.26. The number of fused-ring (bicyclic) bond motifs is 1. The van der Waals surface area contributed by atoms with Gasteiger partial charge in [-0.15, -0.1) is 0 Å². The standard InChI is InChI=1S/C13H17N3/c1-2-6-12-11(5-1)15-13(16-12)7-3-4-10-8-14-9-10/h1-2,5-6,10,14H,3-4,7-9H2,(H,15,16). The van der Waals surface area contributed by atoms with Gasteiger partial charge in [0.2, 0.25) is 0 Å². The Balaban J connectivity index is 1.60. The molecular weight excluding hydrogens is 198 g/mol. The van der Waals surface area contributed by atoms with E-state index < -0.39 is 0 Å². The first-order chi connectivity index (χ1) is 7.92. The van der Waals surface area contributed by atoms with Crippen LogP contribution >= 0.6 is 0 Å². The van der Waals surface area contributed by atoms with E-state index in [1.54, 1.807) is 0 Å². The van der Waals surface area contributed by atoms with E-state index in [-0.39, 0.29) is 0 Å². The lowest BCUT2D eigenvalue weighted by Crippen LogP contribution is -2.41. The lowest BCUT2D eigenvalue weighted by molar-refractivity contribution is 0.320. The van der Waals surface area contributed by atoms with Gasteiger partial charge in [-0.2, -0.15) is 0 Å². The highest BCUT2D eigenvalue weighted by Gasteiger charge is 2.15. The molecule has 0 spiro atoms. The number of aryl methyl sites for hydroxylation is 1. The summed E-state index contributed by atoms with van der Waals surface area (Å²) in [4.78, 5) is 7.96. The van der Waals surface area contributed by atoms with Crippen molar-refractivity contribution < 1.29 is 0 Å². The first kappa shape index (κ1) is 9.85. The van der Waals surface area contributed by atoms with Crippen LogP contribution in [0, 0.1) is 5.92 Å². The third-order valence-electron chi connectivity index (χ3n) is 3.33. The highest BCUT2D eigenvalue weighted by Crippen LogP contribution is 2.15. The Labute approximate surface area is 95.3 Å². The molecule has 1 fully saturated rings. The zero-order valence-corrected chi connectivity index (χ0v) is 9.37. The van der Waals surface area contributed by atoms with Crippen LogP contribution in [0.25, 0.3) is 11.0 Å². The Morgan fingerprint density at radius 3 is 2.88 bits per heavy atom. The summed E-state index contributed by atoms with van der Waals surface area (Å²) in [7, 11) is 0. The van der Waals surface area contributed by atoms with E-state index in [0.29, 0.717) is 0 Å². The van der Waals surface area contributed by atoms with Gasteiger partial charge in [-0.1, -0.05) is 12.1 Å². The van der Waals surface area contributed by atoms with Crippen LogP contribution in [-0.4, -0.2) is 23.1 Å². The normalized spacial score (nSPS) is 16.5. The van der Waals surface area contributed by atoms with Crippen LogP contribution in [0.2, 0.25) is 0 Å². The summed E-state index contributed by atoms with van der Waals surface area (Å²) in [6.07, 6.45) is 3.64. The minimum Gasteiger partial charge on any atom is -0.342 e. The van der Waals surface area contributed by atoms with Crippen LogP contribution in [-0.2, 0) is 6.42 Å². The lowest BCUT2D eigenvalue weighted by Gasteiger charge is -2.26. The van der Waals surface area contributed by atoms with E-state index in [0.717, 1.165) is 29.2 Å². The number of H-pyrrole nitrogens is 1. The van der Waals surface area contributed by atoms with E-state index in [4.69, 9.17) is 0 Å². The van der Waals surface area contributed by atoms with Gasteiger partial charge in [0, 0.05) is 6.42 Å². The maximum atomic E-state index is 4.58. The molecule has 1 saturated heterocycles. The highest BCUT2D eigenvalue weighted by atomic mass is 14.9. The topological polar surface area (TPSA) is 40.7 Å². The molecule has 0 radical (unpaired) electrons. The maximum absolute atomic E-state index is 4.58. The van der Waals surface area contributed by atoms with Gasteiger partial charge in [0.1, 0.15) is 5.82 Å². The lowest BCUT2D eigenvalue weighted by atomic mass is 9.96. The van der Waals surface area contributed by atoms with Gasteiger partial charge >= 0.3 is 0 Å². The quantitative estimate of drug-likeness (QED) is 0.820. The average Bonchev–Trinajstić information content (AvgIpc) is 2.64. The van der Waals surface area contributed by atoms with Gasteiger partial charge in [0.05, 0.1) is 11.0 Å². The maximum Gasteiger partial charge on any atom is 0.107 e. The minimum atomic E-state index is 0.907. The Morgan fingerprint density at radius 1 is 1.25 bits per heavy atom. The Bertz CT molecular complexity index is 438. The zero-order valence-electron chi connectivity index (χ0n) is 9.37. The van der Waals surface area contributed by atoms with Crippen molar-refractivity contribution in [3.8, 4) is 0 Å². The molecule has 3 nitrogen and oxygen atoms in total. The van der Waals surface area contributed by atoms with Crippen molar-refractivity contribution in [2.45, 2.75) is 19.3 Å². The summed E-state index contributed by atoms with van der Waals surface area (Å²) in [5.74, 6) is 2.04. The SMILES string of the molecule is c1ccc2[nH]c(CCCC3CNC3)nc2c1. The summed E-state index contributed by atoms with van der Waals surface area (Å²) in [5, 5.41) is 3.31.